The van der Waals surface area contributed by atoms with Crippen LogP contribution in [0.15, 0.2) is 48.5 Å². The minimum Gasteiger partial charge on any atom is -0.394 e. The summed E-state index contributed by atoms with van der Waals surface area (Å²) in [5, 5.41) is 9.58. The third kappa shape index (κ3) is 4.62. The molecule has 5 rings (SSSR count). The molecule has 0 aromatic heterocycles. The quantitative estimate of drug-likeness (QED) is 0.661. The Morgan fingerprint density at radius 2 is 1.38 bits per heavy atom. The fourth-order valence-electron chi connectivity index (χ4n) is 4.79. The maximum absolute atomic E-state index is 9.58. The predicted molar refractivity (Wildman–Crippen MR) is 118 cm³/mol. The molecule has 2 aromatic rings. The molecule has 3 saturated heterocycles. The van der Waals surface area contributed by atoms with Crippen molar-refractivity contribution in [2.75, 3.05) is 6.61 Å². The van der Waals surface area contributed by atoms with Crippen molar-refractivity contribution < 1.29 is 28.8 Å². The van der Waals surface area contributed by atoms with E-state index in [2.05, 4.69) is 55.5 Å². The summed E-state index contributed by atoms with van der Waals surface area (Å²) < 4.78 is 29.7. The highest BCUT2D eigenvalue weighted by Gasteiger charge is 2.57. The molecule has 6 heteroatoms. The molecule has 0 amide bonds. The molecular formula is C26H32O6. The van der Waals surface area contributed by atoms with Crippen LogP contribution in [0.3, 0.4) is 0 Å². The van der Waals surface area contributed by atoms with Gasteiger partial charge in [-0.05, 0) is 50.7 Å². The first-order chi connectivity index (χ1) is 15.6. The highest BCUT2D eigenvalue weighted by Crippen LogP contribution is 2.43. The van der Waals surface area contributed by atoms with Gasteiger partial charge in [-0.1, -0.05) is 54.1 Å². The molecule has 6 nitrogen and oxygen atoms in total. The van der Waals surface area contributed by atoms with E-state index in [1.165, 1.54) is 23.1 Å². The van der Waals surface area contributed by atoms with Gasteiger partial charge in [0, 0.05) is 5.56 Å². The molecule has 3 fully saturated rings. The number of hydrogen-bond acceptors (Lipinski definition) is 6. The first-order valence-corrected chi connectivity index (χ1v) is 11.6. The van der Waals surface area contributed by atoms with Crippen molar-refractivity contribution in [1.82, 2.24) is 0 Å². The second-order valence-electron chi connectivity index (χ2n) is 9.00. The second kappa shape index (κ2) is 9.59. The summed E-state index contributed by atoms with van der Waals surface area (Å²) in [5.41, 5.74) is 5.01. The number of aryl methyl sites for hydroxylation is 3. The van der Waals surface area contributed by atoms with Gasteiger partial charge in [-0.25, -0.2) is 0 Å². The van der Waals surface area contributed by atoms with E-state index in [0.717, 1.165) is 24.8 Å². The van der Waals surface area contributed by atoms with Crippen LogP contribution in [0.2, 0.25) is 0 Å². The van der Waals surface area contributed by atoms with E-state index >= 15 is 0 Å². The Balaban J connectivity index is 1.12. The van der Waals surface area contributed by atoms with E-state index in [0.29, 0.717) is 0 Å². The average Bonchev–Trinajstić information content (AvgIpc) is 3.37. The maximum Gasteiger partial charge on any atom is 0.190 e. The monoisotopic (exact) mass is 440 g/mol. The van der Waals surface area contributed by atoms with Crippen LogP contribution in [0, 0.1) is 6.92 Å². The van der Waals surface area contributed by atoms with Crippen LogP contribution in [0.1, 0.15) is 48.3 Å². The molecule has 2 aromatic carbocycles. The van der Waals surface area contributed by atoms with E-state index in [4.69, 9.17) is 23.7 Å². The van der Waals surface area contributed by atoms with Gasteiger partial charge >= 0.3 is 0 Å². The Morgan fingerprint density at radius 3 is 2.03 bits per heavy atom. The SMILES string of the molecule is Cc1ccc(CCCCc2ccc(C3OC4OC5C(CO)OC(C)OC5C4O3)cc2)cc1. The highest BCUT2D eigenvalue weighted by molar-refractivity contribution is 5.24. The molecule has 3 heterocycles. The van der Waals surface area contributed by atoms with Crippen molar-refractivity contribution in [2.24, 2.45) is 0 Å². The molecule has 3 aliphatic heterocycles. The Labute approximate surface area is 189 Å². The summed E-state index contributed by atoms with van der Waals surface area (Å²) in [4.78, 5) is 0. The third-order valence-corrected chi connectivity index (χ3v) is 6.56. The Kier molecular flexibility index (Phi) is 6.60. The number of rotatable bonds is 7. The topological polar surface area (TPSA) is 66.4 Å². The largest absolute Gasteiger partial charge is 0.394 e. The lowest BCUT2D eigenvalue weighted by atomic mass is 10.0. The Morgan fingerprint density at radius 1 is 0.719 bits per heavy atom. The summed E-state index contributed by atoms with van der Waals surface area (Å²) in [5.74, 6) is 0. The number of hydrogen-bond donors (Lipinski definition) is 1. The Hall–Kier alpha value is -1.80. The fourth-order valence-corrected chi connectivity index (χ4v) is 4.79. The molecule has 3 aliphatic rings. The maximum atomic E-state index is 9.58. The number of benzene rings is 2. The molecular weight excluding hydrogens is 408 g/mol. The summed E-state index contributed by atoms with van der Waals surface area (Å²) in [6.07, 6.45) is 1.68. The standard InChI is InChI=1S/C26H32O6/c1-16-7-9-18(10-8-16)5-3-4-6-19-11-13-20(14-12-19)25-31-24-23-22(30-26(24)32-25)21(15-27)28-17(2)29-23/h7-14,17,21-27H,3-6,15H2,1-2H3. The van der Waals surface area contributed by atoms with E-state index in [1.54, 1.807) is 0 Å². The normalized spacial score (nSPS) is 33.8. The van der Waals surface area contributed by atoms with Crippen LogP contribution in [0.5, 0.6) is 0 Å². The Bertz CT molecular complexity index is 882. The van der Waals surface area contributed by atoms with Gasteiger partial charge in [0.1, 0.15) is 24.4 Å². The van der Waals surface area contributed by atoms with Gasteiger partial charge in [0.05, 0.1) is 6.61 Å². The number of unbranched alkanes of at least 4 members (excludes halogenated alkanes) is 1. The van der Waals surface area contributed by atoms with Gasteiger partial charge in [0.15, 0.2) is 18.9 Å². The summed E-state index contributed by atoms with van der Waals surface area (Å²) in [7, 11) is 0. The van der Waals surface area contributed by atoms with Crippen molar-refractivity contribution in [3.05, 3.63) is 70.8 Å². The number of aliphatic hydroxyl groups is 1. The first kappa shape index (κ1) is 22.0. The number of ether oxygens (including phenoxy) is 5. The van der Waals surface area contributed by atoms with Gasteiger partial charge in [-0.2, -0.15) is 0 Å². The average molecular weight is 441 g/mol. The lowest BCUT2D eigenvalue weighted by molar-refractivity contribution is -0.296. The zero-order chi connectivity index (χ0) is 22.1. The van der Waals surface area contributed by atoms with Gasteiger partial charge < -0.3 is 28.8 Å². The molecule has 7 atom stereocenters. The van der Waals surface area contributed by atoms with Crippen molar-refractivity contribution in [2.45, 2.75) is 82.8 Å². The minimum absolute atomic E-state index is 0.121. The van der Waals surface area contributed by atoms with Crippen LogP contribution in [-0.4, -0.2) is 48.7 Å². The van der Waals surface area contributed by atoms with Gasteiger partial charge in [0.25, 0.3) is 0 Å². The van der Waals surface area contributed by atoms with Gasteiger partial charge in [0.2, 0.25) is 0 Å². The lowest BCUT2D eigenvalue weighted by Crippen LogP contribution is -2.51. The van der Waals surface area contributed by atoms with Crippen LogP contribution in [0.25, 0.3) is 0 Å². The summed E-state index contributed by atoms with van der Waals surface area (Å²) in [6.45, 7) is 3.82. The van der Waals surface area contributed by atoms with E-state index in [9.17, 15) is 5.11 Å². The number of aliphatic hydroxyl groups excluding tert-OH is 1. The lowest BCUT2D eigenvalue weighted by Gasteiger charge is -2.37. The summed E-state index contributed by atoms with van der Waals surface area (Å²) in [6, 6.07) is 17.3. The zero-order valence-corrected chi connectivity index (χ0v) is 18.7. The van der Waals surface area contributed by atoms with Crippen molar-refractivity contribution in [3.63, 3.8) is 0 Å². The molecule has 32 heavy (non-hydrogen) atoms. The van der Waals surface area contributed by atoms with Crippen molar-refractivity contribution in [3.8, 4) is 0 Å². The van der Waals surface area contributed by atoms with E-state index < -0.39 is 25.0 Å². The van der Waals surface area contributed by atoms with E-state index in [-0.39, 0.29) is 24.9 Å². The molecule has 0 aliphatic carbocycles. The molecule has 0 spiro atoms. The molecule has 7 unspecified atom stereocenters. The van der Waals surface area contributed by atoms with E-state index in [1.807, 2.05) is 6.92 Å². The van der Waals surface area contributed by atoms with Crippen LogP contribution in [-0.2, 0) is 36.5 Å². The second-order valence-corrected chi connectivity index (χ2v) is 9.00. The highest BCUT2D eigenvalue weighted by atomic mass is 16.8. The number of fused-ring (bicyclic) bond motifs is 3. The van der Waals surface area contributed by atoms with Crippen LogP contribution in [0.4, 0.5) is 0 Å². The first-order valence-electron chi connectivity index (χ1n) is 11.6. The fraction of sp³-hybridized carbons (Fsp3) is 0.538. The predicted octanol–water partition coefficient (Wildman–Crippen LogP) is 3.82. The van der Waals surface area contributed by atoms with Gasteiger partial charge in [-0.15, -0.1) is 0 Å². The van der Waals surface area contributed by atoms with Crippen LogP contribution >= 0.6 is 0 Å². The van der Waals surface area contributed by atoms with Gasteiger partial charge in [-0.3, -0.25) is 0 Å². The molecule has 0 bridgehead atoms. The smallest absolute Gasteiger partial charge is 0.190 e. The molecule has 0 radical (unpaired) electrons. The van der Waals surface area contributed by atoms with Crippen molar-refractivity contribution >= 4 is 0 Å². The zero-order valence-electron chi connectivity index (χ0n) is 18.7. The molecule has 0 saturated carbocycles. The minimum atomic E-state index is -0.514. The van der Waals surface area contributed by atoms with Crippen LogP contribution < -0.4 is 0 Å². The molecule has 1 N–H and O–H groups in total. The van der Waals surface area contributed by atoms with Crippen molar-refractivity contribution in [1.29, 1.82) is 0 Å². The summed E-state index contributed by atoms with van der Waals surface area (Å²) >= 11 is 0. The molecule has 172 valence electrons. The third-order valence-electron chi connectivity index (χ3n) is 6.56.